The monoisotopic (exact) mass is 406 g/mol. The number of Topliss-reactive ketones (excluding diaryl/α,β-unsaturated/α-hetero) is 1. The minimum absolute atomic E-state index is 0.0710. The zero-order valence-corrected chi connectivity index (χ0v) is 17.4. The van der Waals surface area contributed by atoms with Crippen LogP contribution in [0.15, 0.2) is 64.2 Å². The molecule has 30 heavy (non-hydrogen) atoms. The third-order valence-electron chi connectivity index (χ3n) is 5.27. The highest BCUT2D eigenvalue weighted by Gasteiger charge is 2.22. The molecular formula is C23H26N4O3. The number of benzene rings is 2. The third-order valence-corrected chi connectivity index (χ3v) is 5.27. The van der Waals surface area contributed by atoms with Crippen molar-refractivity contribution in [2.45, 2.75) is 26.4 Å². The lowest BCUT2D eigenvalue weighted by molar-refractivity contribution is 0.0986. The van der Waals surface area contributed by atoms with Crippen molar-refractivity contribution in [2.24, 2.45) is 7.05 Å². The first kappa shape index (κ1) is 21.3. The number of nitrogen functional groups attached to an aromatic ring is 1. The zero-order chi connectivity index (χ0) is 21.8. The molecule has 0 saturated heterocycles. The summed E-state index contributed by atoms with van der Waals surface area (Å²) in [7, 11) is 1.35. The van der Waals surface area contributed by atoms with Crippen LogP contribution < -0.4 is 22.3 Å². The number of nitrogens with zero attached hydrogens (tertiary/aromatic N) is 2. The van der Waals surface area contributed by atoms with Crippen molar-refractivity contribution >= 4 is 11.6 Å². The average molecular weight is 406 g/mol. The summed E-state index contributed by atoms with van der Waals surface area (Å²) in [6.45, 7) is 4.06. The molecule has 1 atom stereocenters. The molecule has 0 bridgehead atoms. The molecule has 3 N–H and O–H groups in total. The van der Waals surface area contributed by atoms with Gasteiger partial charge in [0.2, 0.25) is 0 Å². The lowest BCUT2D eigenvalue weighted by Gasteiger charge is -2.18. The molecule has 0 amide bonds. The molecule has 156 valence electrons. The summed E-state index contributed by atoms with van der Waals surface area (Å²) in [6.07, 6.45) is 0. The molecule has 1 aromatic heterocycles. The highest BCUT2D eigenvalue weighted by molar-refractivity contribution is 6.01. The second-order valence-corrected chi connectivity index (χ2v) is 7.36. The van der Waals surface area contributed by atoms with E-state index >= 15 is 0 Å². The van der Waals surface area contributed by atoms with Crippen molar-refractivity contribution in [2.75, 3.05) is 12.3 Å². The Bertz CT molecular complexity index is 1180. The van der Waals surface area contributed by atoms with E-state index in [0.29, 0.717) is 0 Å². The fourth-order valence-electron chi connectivity index (χ4n) is 3.48. The Kier molecular flexibility index (Phi) is 6.32. The van der Waals surface area contributed by atoms with Gasteiger partial charge in [0, 0.05) is 13.1 Å². The molecule has 0 aliphatic rings. The molecule has 0 radical (unpaired) electrons. The number of carbonyl (C=O) groups excluding carboxylic acids is 1. The van der Waals surface area contributed by atoms with Gasteiger partial charge in [-0.15, -0.1) is 0 Å². The molecule has 3 aromatic rings. The molecule has 7 heteroatoms. The van der Waals surface area contributed by atoms with Crippen molar-refractivity contribution in [3.05, 3.63) is 97.7 Å². The second-order valence-electron chi connectivity index (χ2n) is 7.36. The number of anilines is 1. The fraction of sp³-hybridized carbons (Fsp3) is 0.261. The van der Waals surface area contributed by atoms with Gasteiger partial charge in [-0.25, -0.2) is 4.79 Å². The number of hydrogen-bond acceptors (Lipinski definition) is 5. The molecule has 0 fully saturated rings. The van der Waals surface area contributed by atoms with E-state index < -0.39 is 17.0 Å². The van der Waals surface area contributed by atoms with Crippen molar-refractivity contribution in [1.82, 2.24) is 14.5 Å². The van der Waals surface area contributed by atoms with Crippen LogP contribution in [-0.4, -0.2) is 21.5 Å². The maximum Gasteiger partial charge on any atom is 0.332 e. The van der Waals surface area contributed by atoms with Crippen molar-refractivity contribution in [1.29, 1.82) is 0 Å². The molecule has 0 aliphatic heterocycles. The summed E-state index contributed by atoms with van der Waals surface area (Å²) < 4.78 is 2.19. The highest BCUT2D eigenvalue weighted by atomic mass is 16.2. The Hall–Kier alpha value is -3.45. The highest BCUT2D eigenvalue weighted by Crippen LogP contribution is 2.17. The summed E-state index contributed by atoms with van der Waals surface area (Å²) in [5.41, 5.74) is 7.76. The summed E-state index contributed by atoms with van der Waals surface area (Å²) in [5, 5.41) is 3.16. The Labute approximate surface area is 174 Å². The van der Waals surface area contributed by atoms with Gasteiger partial charge in [0.25, 0.3) is 5.56 Å². The Morgan fingerprint density at radius 1 is 1.07 bits per heavy atom. The van der Waals surface area contributed by atoms with Crippen LogP contribution >= 0.6 is 0 Å². The number of aryl methyl sites for hydroxylation is 1. The SMILES string of the molecule is Cc1ccccc1C(C)NCC(=O)c1c(N)n(Cc2ccccc2)c(=O)n(C)c1=O. The molecule has 1 unspecified atom stereocenters. The van der Waals surface area contributed by atoms with Gasteiger partial charge < -0.3 is 11.1 Å². The summed E-state index contributed by atoms with van der Waals surface area (Å²) in [6, 6.07) is 17.1. The second kappa shape index (κ2) is 8.92. The molecule has 0 saturated carbocycles. The molecule has 3 rings (SSSR count). The number of hydrogen-bond donors (Lipinski definition) is 2. The van der Waals surface area contributed by atoms with Crippen LogP contribution in [0, 0.1) is 6.92 Å². The molecule has 1 heterocycles. The number of rotatable bonds is 7. The van der Waals surface area contributed by atoms with Gasteiger partial charge in [0.1, 0.15) is 11.4 Å². The summed E-state index contributed by atoms with van der Waals surface area (Å²) in [5.74, 6) is -0.558. The molecule has 0 aliphatic carbocycles. The van der Waals surface area contributed by atoms with Crippen LogP contribution in [0.3, 0.4) is 0 Å². The van der Waals surface area contributed by atoms with Crippen LogP contribution in [0.2, 0.25) is 0 Å². The molecule has 7 nitrogen and oxygen atoms in total. The average Bonchev–Trinajstić information content (AvgIpc) is 2.75. The van der Waals surface area contributed by atoms with Gasteiger partial charge in [0.05, 0.1) is 13.1 Å². The maximum absolute atomic E-state index is 12.9. The Morgan fingerprint density at radius 2 is 1.70 bits per heavy atom. The van der Waals surface area contributed by atoms with Crippen molar-refractivity contribution < 1.29 is 4.79 Å². The molecular weight excluding hydrogens is 380 g/mol. The number of carbonyl (C=O) groups is 1. The lowest BCUT2D eigenvalue weighted by atomic mass is 10.0. The largest absolute Gasteiger partial charge is 0.384 e. The van der Waals surface area contributed by atoms with Gasteiger partial charge >= 0.3 is 5.69 Å². The smallest absolute Gasteiger partial charge is 0.332 e. The minimum atomic E-state index is -0.683. The lowest BCUT2D eigenvalue weighted by Crippen LogP contribution is -2.44. The Morgan fingerprint density at radius 3 is 2.37 bits per heavy atom. The van der Waals surface area contributed by atoms with Crippen LogP contribution in [0.5, 0.6) is 0 Å². The predicted molar refractivity (Wildman–Crippen MR) is 118 cm³/mol. The van der Waals surface area contributed by atoms with E-state index in [2.05, 4.69) is 5.32 Å². The first-order valence-corrected chi connectivity index (χ1v) is 9.76. The van der Waals surface area contributed by atoms with Crippen LogP contribution in [0.1, 0.15) is 40.0 Å². The zero-order valence-electron chi connectivity index (χ0n) is 17.4. The van der Waals surface area contributed by atoms with Crippen LogP contribution in [0.4, 0.5) is 5.82 Å². The van der Waals surface area contributed by atoms with E-state index in [1.807, 2.05) is 68.4 Å². The molecule has 0 spiro atoms. The third kappa shape index (κ3) is 4.26. The van der Waals surface area contributed by atoms with E-state index in [-0.39, 0.29) is 30.5 Å². The quantitative estimate of drug-likeness (QED) is 0.585. The van der Waals surface area contributed by atoms with Gasteiger partial charge in [-0.1, -0.05) is 54.6 Å². The number of nitrogens with one attached hydrogen (secondary N) is 1. The van der Waals surface area contributed by atoms with Crippen molar-refractivity contribution in [3.8, 4) is 0 Å². The topological polar surface area (TPSA) is 99.1 Å². The first-order valence-electron chi connectivity index (χ1n) is 9.76. The normalized spacial score (nSPS) is 12.0. The number of nitrogens with two attached hydrogens (primary N) is 1. The number of aromatic nitrogens is 2. The van der Waals surface area contributed by atoms with Crippen molar-refractivity contribution in [3.63, 3.8) is 0 Å². The van der Waals surface area contributed by atoms with Crippen LogP contribution in [-0.2, 0) is 13.6 Å². The summed E-state index contributed by atoms with van der Waals surface area (Å²) in [4.78, 5) is 38.1. The predicted octanol–water partition coefficient (Wildman–Crippen LogP) is 2.02. The van der Waals surface area contributed by atoms with Gasteiger partial charge in [0.15, 0.2) is 5.78 Å². The minimum Gasteiger partial charge on any atom is -0.384 e. The van der Waals surface area contributed by atoms with E-state index in [0.717, 1.165) is 21.3 Å². The van der Waals surface area contributed by atoms with E-state index in [1.54, 1.807) is 0 Å². The van der Waals surface area contributed by atoms with Crippen LogP contribution in [0.25, 0.3) is 0 Å². The van der Waals surface area contributed by atoms with E-state index in [1.165, 1.54) is 11.6 Å². The number of ketones is 1. The summed E-state index contributed by atoms with van der Waals surface area (Å²) >= 11 is 0. The van der Waals surface area contributed by atoms with E-state index in [4.69, 9.17) is 5.73 Å². The van der Waals surface area contributed by atoms with Gasteiger partial charge in [-0.2, -0.15) is 0 Å². The van der Waals surface area contributed by atoms with Gasteiger partial charge in [-0.3, -0.25) is 18.7 Å². The molecule has 2 aromatic carbocycles. The van der Waals surface area contributed by atoms with E-state index in [9.17, 15) is 14.4 Å². The Balaban J connectivity index is 1.89. The van der Waals surface area contributed by atoms with Gasteiger partial charge in [-0.05, 0) is 30.5 Å². The first-order chi connectivity index (χ1) is 14.3. The fourth-order valence-corrected chi connectivity index (χ4v) is 3.48. The standard InChI is InChI=1S/C23H26N4O3/c1-15-9-7-8-12-18(15)16(2)25-13-19(28)20-21(24)27(23(30)26(3)22(20)29)14-17-10-5-4-6-11-17/h4-12,16,25H,13-14,24H2,1-3H3. The maximum atomic E-state index is 12.9.